The van der Waals surface area contributed by atoms with Crippen LogP contribution in [0.15, 0.2) is 89.7 Å². The van der Waals surface area contributed by atoms with E-state index >= 15 is 0 Å². The first-order chi connectivity index (χ1) is 20.0. The minimum atomic E-state index is -4.05. The highest BCUT2D eigenvalue weighted by atomic mass is 32.2. The van der Waals surface area contributed by atoms with Crippen LogP contribution in [0.2, 0.25) is 0 Å². The summed E-state index contributed by atoms with van der Waals surface area (Å²) in [6.07, 6.45) is 0.955. The second-order valence-electron chi connectivity index (χ2n) is 9.94. The Morgan fingerprint density at radius 1 is 0.929 bits per heavy atom. The van der Waals surface area contributed by atoms with Gasteiger partial charge in [-0.25, -0.2) is 12.8 Å². The Morgan fingerprint density at radius 2 is 1.57 bits per heavy atom. The second kappa shape index (κ2) is 13.3. The number of anilines is 1. The van der Waals surface area contributed by atoms with Gasteiger partial charge in [-0.3, -0.25) is 19.7 Å². The van der Waals surface area contributed by atoms with Crippen LogP contribution in [0.3, 0.4) is 0 Å². The van der Waals surface area contributed by atoms with Gasteiger partial charge in [0.1, 0.15) is 23.9 Å². The van der Waals surface area contributed by atoms with Gasteiger partial charge in [0.25, 0.3) is 5.56 Å². The van der Waals surface area contributed by atoms with Crippen LogP contribution >= 0.6 is 0 Å². The van der Waals surface area contributed by atoms with Crippen molar-refractivity contribution in [3.05, 3.63) is 135 Å². The molecule has 9 nitrogen and oxygen atoms in total. The smallest absolute Gasteiger partial charge is 0.275 e. The molecule has 0 spiro atoms. The number of halogens is 1. The van der Waals surface area contributed by atoms with Crippen LogP contribution in [-0.2, 0) is 46.5 Å². The average molecular weight is 590 g/mol. The topological polar surface area (TPSA) is 147 Å². The quantitative estimate of drug-likeness (QED) is 0.147. The summed E-state index contributed by atoms with van der Waals surface area (Å²) in [5.74, 6) is -1.44. The van der Waals surface area contributed by atoms with E-state index in [1.54, 1.807) is 37.3 Å². The van der Waals surface area contributed by atoms with Crippen LogP contribution < -0.4 is 21.3 Å². The van der Waals surface area contributed by atoms with E-state index in [-0.39, 0.29) is 24.6 Å². The molecule has 1 aromatic heterocycles. The van der Waals surface area contributed by atoms with Crippen molar-refractivity contribution in [3.63, 3.8) is 0 Å². The SMILES string of the molecule is Cc1cc(CCc2ccccc2)c(NS(=O)(=O)Cc2ccc(F)cc2)c(=O)n1CC(=O)NCc1ccc(C(=N)N)cc1. The van der Waals surface area contributed by atoms with Gasteiger partial charge in [0.2, 0.25) is 15.9 Å². The molecule has 0 aliphatic rings. The molecule has 42 heavy (non-hydrogen) atoms. The van der Waals surface area contributed by atoms with Crippen LogP contribution in [-0.4, -0.2) is 24.7 Å². The molecule has 0 atom stereocenters. The molecule has 4 rings (SSSR count). The van der Waals surface area contributed by atoms with Crippen molar-refractivity contribution in [2.75, 3.05) is 4.72 Å². The fourth-order valence-electron chi connectivity index (χ4n) is 4.46. The number of amidine groups is 1. The zero-order valence-electron chi connectivity index (χ0n) is 23.1. The summed E-state index contributed by atoms with van der Waals surface area (Å²) in [4.78, 5) is 26.5. The number of aryl methyl sites for hydroxylation is 3. The van der Waals surface area contributed by atoms with Crippen molar-refractivity contribution < 1.29 is 17.6 Å². The lowest BCUT2D eigenvalue weighted by molar-refractivity contribution is -0.121. The third-order valence-electron chi connectivity index (χ3n) is 6.70. The predicted molar refractivity (Wildman–Crippen MR) is 161 cm³/mol. The van der Waals surface area contributed by atoms with E-state index in [0.717, 1.165) is 11.1 Å². The molecular formula is C31H32FN5O4S. The summed E-state index contributed by atoms with van der Waals surface area (Å²) in [5, 5.41) is 10.2. The zero-order chi connectivity index (χ0) is 30.3. The average Bonchev–Trinajstić information content (AvgIpc) is 2.96. The number of nitrogens with zero attached hydrogens (tertiary/aromatic N) is 1. The standard InChI is InChI=1S/C31H32FN5O4S/c1-21-17-26(14-7-22-5-3-2-4-6-22)29(36-42(40,41)20-24-10-15-27(32)16-11-24)31(39)37(21)19-28(38)35-18-23-8-12-25(13-9-23)30(33)34/h2-6,8-13,15-17,36H,7,14,18-20H2,1H3,(H3,33,34)(H,35,38). The second-order valence-corrected chi connectivity index (χ2v) is 11.7. The molecule has 0 radical (unpaired) electrons. The lowest BCUT2D eigenvalue weighted by Crippen LogP contribution is -2.35. The molecule has 0 saturated carbocycles. The Bertz CT molecular complexity index is 1740. The number of hydrogen-bond donors (Lipinski definition) is 4. The largest absolute Gasteiger partial charge is 0.384 e. The van der Waals surface area contributed by atoms with Crippen molar-refractivity contribution in [2.45, 2.75) is 38.6 Å². The molecular weight excluding hydrogens is 557 g/mol. The molecule has 1 amide bonds. The highest BCUT2D eigenvalue weighted by molar-refractivity contribution is 7.91. The number of nitrogen functional groups attached to an aromatic ring is 1. The van der Waals surface area contributed by atoms with Crippen LogP contribution in [0.25, 0.3) is 0 Å². The number of benzene rings is 3. The highest BCUT2D eigenvalue weighted by Gasteiger charge is 2.21. The summed E-state index contributed by atoms with van der Waals surface area (Å²) in [7, 11) is -4.05. The van der Waals surface area contributed by atoms with Crippen LogP contribution in [0, 0.1) is 18.2 Å². The van der Waals surface area contributed by atoms with Gasteiger partial charge in [-0.15, -0.1) is 0 Å². The number of nitrogens with one attached hydrogen (secondary N) is 3. The number of pyridine rings is 1. The number of amides is 1. The summed E-state index contributed by atoms with van der Waals surface area (Å²) >= 11 is 0. The summed E-state index contributed by atoms with van der Waals surface area (Å²) < 4.78 is 43.3. The number of sulfonamides is 1. The molecule has 0 bridgehead atoms. The van der Waals surface area contributed by atoms with Crippen molar-refractivity contribution >= 4 is 27.5 Å². The summed E-state index contributed by atoms with van der Waals surface area (Å²) in [6.45, 7) is 1.57. The van der Waals surface area contributed by atoms with Crippen LogP contribution in [0.5, 0.6) is 0 Å². The van der Waals surface area contributed by atoms with E-state index in [1.165, 1.54) is 28.8 Å². The normalized spacial score (nSPS) is 11.2. The fourth-order valence-corrected chi connectivity index (χ4v) is 5.69. The summed E-state index contributed by atoms with van der Waals surface area (Å²) in [6, 6.07) is 23.2. The lowest BCUT2D eigenvalue weighted by atomic mass is 10.0. The van der Waals surface area contributed by atoms with E-state index in [9.17, 15) is 22.4 Å². The molecule has 4 aromatic rings. The molecule has 0 fully saturated rings. The number of carbonyl (C=O) groups is 1. The van der Waals surface area contributed by atoms with E-state index < -0.39 is 33.1 Å². The van der Waals surface area contributed by atoms with E-state index in [1.807, 2.05) is 30.3 Å². The first-order valence-corrected chi connectivity index (χ1v) is 14.9. The Labute approximate surface area is 243 Å². The number of nitrogens with two attached hydrogens (primary N) is 1. The monoisotopic (exact) mass is 589 g/mol. The number of hydrogen-bond acceptors (Lipinski definition) is 5. The molecule has 0 unspecified atom stereocenters. The minimum Gasteiger partial charge on any atom is -0.384 e. The van der Waals surface area contributed by atoms with Gasteiger partial charge in [-0.2, -0.15) is 0 Å². The molecule has 5 N–H and O–H groups in total. The maximum atomic E-state index is 13.7. The predicted octanol–water partition coefficient (Wildman–Crippen LogP) is 3.62. The van der Waals surface area contributed by atoms with Gasteiger partial charge in [-0.1, -0.05) is 66.7 Å². The fraction of sp³-hybridized carbons (Fsp3) is 0.194. The van der Waals surface area contributed by atoms with E-state index in [0.29, 0.717) is 35.2 Å². The lowest BCUT2D eigenvalue weighted by Gasteiger charge is -2.18. The molecule has 0 saturated heterocycles. The van der Waals surface area contributed by atoms with E-state index in [4.69, 9.17) is 11.1 Å². The van der Waals surface area contributed by atoms with Crippen LogP contribution in [0.4, 0.5) is 10.1 Å². The third kappa shape index (κ3) is 8.14. The van der Waals surface area contributed by atoms with Gasteiger partial charge >= 0.3 is 0 Å². The molecule has 1 heterocycles. The van der Waals surface area contributed by atoms with E-state index in [2.05, 4.69) is 10.0 Å². The number of carbonyl (C=O) groups excluding carboxylic acids is 1. The van der Waals surface area contributed by atoms with Crippen molar-refractivity contribution in [1.29, 1.82) is 5.41 Å². The molecule has 218 valence electrons. The Morgan fingerprint density at radius 3 is 2.21 bits per heavy atom. The van der Waals surface area contributed by atoms with Crippen LogP contribution in [0.1, 0.15) is 33.5 Å². The number of rotatable bonds is 12. The molecule has 0 aliphatic carbocycles. The Kier molecular flexibility index (Phi) is 9.53. The minimum absolute atomic E-state index is 0.0586. The highest BCUT2D eigenvalue weighted by Crippen LogP contribution is 2.19. The van der Waals surface area contributed by atoms with Crippen molar-refractivity contribution in [2.24, 2.45) is 5.73 Å². The third-order valence-corrected chi connectivity index (χ3v) is 7.93. The van der Waals surface area contributed by atoms with Gasteiger partial charge < -0.3 is 15.6 Å². The van der Waals surface area contributed by atoms with Crippen molar-refractivity contribution in [3.8, 4) is 0 Å². The van der Waals surface area contributed by atoms with Gasteiger partial charge in [-0.05, 0) is 60.2 Å². The van der Waals surface area contributed by atoms with Gasteiger partial charge in [0, 0.05) is 17.8 Å². The molecule has 3 aromatic carbocycles. The van der Waals surface area contributed by atoms with Crippen molar-refractivity contribution in [1.82, 2.24) is 9.88 Å². The Balaban J connectivity index is 1.57. The molecule has 0 aliphatic heterocycles. The number of aromatic nitrogens is 1. The molecule has 11 heteroatoms. The first-order valence-electron chi connectivity index (χ1n) is 13.2. The maximum absolute atomic E-state index is 13.7. The zero-order valence-corrected chi connectivity index (χ0v) is 23.9. The Hall–Kier alpha value is -4.77. The van der Waals surface area contributed by atoms with Gasteiger partial charge in [0.15, 0.2) is 0 Å². The van der Waals surface area contributed by atoms with Gasteiger partial charge in [0.05, 0.1) is 5.75 Å². The summed E-state index contributed by atoms with van der Waals surface area (Å²) in [5.41, 5.74) is 8.46. The first kappa shape index (κ1) is 30.2. The maximum Gasteiger partial charge on any atom is 0.275 e.